The van der Waals surface area contributed by atoms with Crippen LogP contribution in [0.1, 0.15) is 32.3 Å². The van der Waals surface area contributed by atoms with Crippen molar-refractivity contribution in [2.75, 3.05) is 13.2 Å². The maximum Gasteiger partial charge on any atom is 0.325 e. The molecule has 0 amide bonds. The second kappa shape index (κ2) is 8.61. The average molecular weight is 339 g/mol. The highest BCUT2D eigenvalue weighted by Gasteiger charge is 2.37. The molecule has 0 bridgehead atoms. The molecule has 0 spiro atoms. The minimum absolute atomic E-state index is 0.0217. The summed E-state index contributed by atoms with van der Waals surface area (Å²) < 4.78 is 14.5. The molecule has 130 valence electrons. The predicted octanol–water partition coefficient (Wildman–Crippen LogP) is 1.73. The number of rotatable bonds is 7. The molecule has 0 atom stereocenters. The summed E-state index contributed by atoms with van der Waals surface area (Å²) in [5.41, 5.74) is -0.757. The lowest BCUT2D eigenvalue weighted by Crippen LogP contribution is -2.27. The molecule has 24 heavy (non-hydrogen) atoms. The van der Waals surface area contributed by atoms with Crippen molar-refractivity contribution in [2.24, 2.45) is 0 Å². The minimum Gasteiger partial charge on any atom is -0.465 e. The first-order chi connectivity index (χ1) is 11.3. The number of nitro groups is 1. The second-order valence-corrected chi connectivity index (χ2v) is 4.51. The van der Waals surface area contributed by atoms with Crippen LogP contribution in [-0.4, -0.2) is 36.0 Å². The molecule has 0 aliphatic rings. The summed E-state index contributed by atoms with van der Waals surface area (Å²) in [6, 6.07) is 3.31. The number of ether oxygens (including phenoxy) is 3. The van der Waals surface area contributed by atoms with E-state index in [1.165, 1.54) is 19.9 Å². The van der Waals surface area contributed by atoms with Gasteiger partial charge in [0.2, 0.25) is 0 Å². The highest BCUT2D eigenvalue weighted by atomic mass is 16.6. The molecule has 0 unspecified atom stereocenters. The fraction of sp³-hybridized carbons (Fsp3) is 0.400. The Kier molecular flexibility index (Phi) is 6.84. The standard InChI is InChI=1S/C15H17NO8/c1-4-22-14(18)13(15(19)23-5-2)11-8-10(24-9(3)17)6-7-12(11)16(20)21/h6-8,13H,4-5H2,1-3H3. The number of benzene rings is 1. The van der Waals surface area contributed by atoms with Crippen molar-refractivity contribution in [3.63, 3.8) is 0 Å². The van der Waals surface area contributed by atoms with Crippen LogP contribution in [0.4, 0.5) is 5.69 Å². The van der Waals surface area contributed by atoms with Gasteiger partial charge in [0.25, 0.3) is 5.69 Å². The van der Waals surface area contributed by atoms with Crippen molar-refractivity contribution in [3.05, 3.63) is 33.9 Å². The van der Waals surface area contributed by atoms with E-state index in [0.717, 1.165) is 19.1 Å². The first kappa shape index (κ1) is 19.1. The smallest absolute Gasteiger partial charge is 0.325 e. The average Bonchev–Trinajstić information content (AvgIpc) is 2.47. The van der Waals surface area contributed by atoms with Crippen molar-refractivity contribution < 1.29 is 33.5 Å². The van der Waals surface area contributed by atoms with Gasteiger partial charge in [0.05, 0.1) is 23.7 Å². The summed E-state index contributed by atoms with van der Waals surface area (Å²) in [6.45, 7) is 4.17. The Balaban J connectivity index is 3.45. The fourth-order valence-electron chi connectivity index (χ4n) is 1.96. The van der Waals surface area contributed by atoms with Crippen molar-refractivity contribution in [3.8, 4) is 5.75 Å². The summed E-state index contributed by atoms with van der Waals surface area (Å²) >= 11 is 0. The van der Waals surface area contributed by atoms with E-state index in [2.05, 4.69) is 0 Å². The lowest BCUT2D eigenvalue weighted by Gasteiger charge is -2.15. The second-order valence-electron chi connectivity index (χ2n) is 4.51. The van der Waals surface area contributed by atoms with Crippen LogP contribution < -0.4 is 4.74 Å². The molecule has 0 saturated carbocycles. The molecule has 0 fully saturated rings. The maximum atomic E-state index is 12.1. The summed E-state index contributed by atoms with van der Waals surface area (Å²) in [5.74, 6) is -4.32. The van der Waals surface area contributed by atoms with Crippen LogP contribution in [0, 0.1) is 10.1 Å². The molecule has 0 aromatic heterocycles. The molecule has 0 N–H and O–H groups in total. The number of nitro benzene ring substituents is 1. The van der Waals surface area contributed by atoms with Crippen molar-refractivity contribution in [1.29, 1.82) is 0 Å². The van der Waals surface area contributed by atoms with Gasteiger partial charge in [-0.1, -0.05) is 0 Å². The Hall–Kier alpha value is -2.97. The molecule has 1 aromatic carbocycles. The van der Waals surface area contributed by atoms with E-state index in [4.69, 9.17) is 14.2 Å². The van der Waals surface area contributed by atoms with E-state index in [9.17, 15) is 24.5 Å². The topological polar surface area (TPSA) is 122 Å². The summed E-state index contributed by atoms with van der Waals surface area (Å²) in [7, 11) is 0. The number of hydrogen-bond acceptors (Lipinski definition) is 8. The molecule has 1 aromatic rings. The quantitative estimate of drug-likeness (QED) is 0.242. The van der Waals surface area contributed by atoms with E-state index in [1.807, 2.05) is 0 Å². The van der Waals surface area contributed by atoms with Crippen LogP contribution >= 0.6 is 0 Å². The van der Waals surface area contributed by atoms with E-state index in [0.29, 0.717) is 0 Å². The Bertz CT molecular complexity index is 637. The zero-order valence-electron chi connectivity index (χ0n) is 13.4. The third kappa shape index (κ3) is 4.77. The molecular formula is C15H17NO8. The SMILES string of the molecule is CCOC(=O)C(C(=O)OCC)c1cc(OC(C)=O)ccc1[N+](=O)[O-]. The number of esters is 3. The van der Waals surface area contributed by atoms with Crippen LogP contribution in [0.3, 0.4) is 0 Å². The van der Waals surface area contributed by atoms with Crippen molar-refractivity contribution in [1.82, 2.24) is 0 Å². The van der Waals surface area contributed by atoms with E-state index < -0.39 is 34.4 Å². The van der Waals surface area contributed by atoms with Gasteiger partial charge in [0.15, 0.2) is 5.92 Å². The van der Waals surface area contributed by atoms with Gasteiger partial charge in [-0.3, -0.25) is 24.5 Å². The summed E-state index contributed by atoms with van der Waals surface area (Å²) in [5, 5.41) is 11.2. The summed E-state index contributed by atoms with van der Waals surface area (Å²) in [4.78, 5) is 45.7. The van der Waals surface area contributed by atoms with Crippen LogP contribution in [0.25, 0.3) is 0 Å². The van der Waals surface area contributed by atoms with Crippen LogP contribution in [0.5, 0.6) is 5.75 Å². The Labute approximate surface area is 137 Å². The Morgan fingerprint density at radius 1 is 1.12 bits per heavy atom. The lowest BCUT2D eigenvalue weighted by atomic mass is 9.97. The van der Waals surface area contributed by atoms with Crippen molar-refractivity contribution >= 4 is 23.6 Å². The number of carbonyl (C=O) groups is 3. The molecule has 0 aliphatic heterocycles. The largest absolute Gasteiger partial charge is 0.465 e. The van der Waals surface area contributed by atoms with Gasteiger partial charge in [0, 0.05) is 13.0 Å². The molecule has 1 rings (SSSR count). The number of hydrogen-bond donors (Lipinski definition) is 0. The fourth-order valence-corrected chi connectivity index (χ4v) is 1.96. The molecule has 9 heteroatoms. The van der Waals surface area contributed by atoms with Gasteiger partial charge in [-0.2, -0.15) is 0 Å². The molecule has 0 saturated heterocycles. The first-order valence-electron chi connectivity index (χ1n) is 7.11. The van der Waals surface area contributed by atoms with Gasteiger partial charge in [-0.15, -0.1) is 0 Å². The zero-order chi connectivity index (χ0) is 18.3. The van der Waals surface area contributed by atoms with E-state index in [-0.39, 0.29) is 24.5 Å². The normalized spacial score (nSPS) is 10.2. The Morgan fingerprint density at radius 3 is 2.08 bits per heavy atom. The monoisotopic (exact) mass is 339 g/mol. The molecular weight excluding hydrogens is 322 g/mol. The molecule has 0 aliphatic carbocycles. The number of nitrogens with zero attached hydrogens (tertiary/aromatic N) is 1. The lowest BCUT2D eigenvalue weighted by molar-refractivity contribution is -0.385. The van der Waals surface area contributed by atoms with Gasteiger partial charge in [0.1, 0.15) is 5.75 Å². The first-order valence-corrected chi connectivity index (χ1v) is 7.11. The van der Waals surface area contributed by atoms with Gasteiger partial charge in [-0.25, -0.2) is 0 Å². The third-order valence-electron chi connectivity index (χ3n) is 2.81. The molecule has 0 radical (unpaired) electrons. The van der Waals surface area contributed by atoms with Gasteiger partial charge < -0.3 is 14.2 Å². The van der Waals surface area contributed by atoms with E-state index >= 15 is 0 Å². The van der Waals surface area contributed by atoms with Gasteiger partial charge in [-0.05, 0) is 26.0 Å². The highest BCUT2D eigenvalue weighted by molar-refractivity contribution is 6.02. The third-order valence-corrected chi connectivity index (χ3v) is 2.81. The Morgan fingerprint density at radius 2 is 1.67 bits per heavy atom. The van der Waals surface area contributed by atoms with E-state index in [1.54, 1.807) is 0 Å². The van der Waals surface area contributed by atoms with Crippen LogP contribution in [-0.2, 0) is 23.9 Å². The maximum absolute atomic E-state index is 12.1. The van der Waals surface area contributed by atoms with Gasteiger partial charge >= 0.3 is 17.9 Å². The zero-order valence-corrected chi connectivity index (χ0v) is 13.4. The molecule has 9 nitrogen and oxygen atoms in total. The highest BCUT2D eigenvalue weighted by Crippen LogP contribution is 2.32. The van der Waals surface area contributed by atoms with Crippen LogP contribution in [0.2, 0.25) is 0 Å². The molecule has 0 heterocycles. The minimum atomic E-state index is -1.65. The predicted molar refractivity (Wildman–Crippen MR) is 80.4 cm³/mol. The van der Waals surface area contributed by atoms with Crippen LogP contribution in [0.15, 0.2) is 18.2 Å². The summed E-state index contributed by atoms with van der Waals surface area (Å²) in [6.07, 6.45) is 0. The van der Waals surface area contributed by atoms with Crippen molar-refractivity contribution in [2.45, 2.75) is 26.7 Å². The number of carbonyl (C=O) groups excluding carboxylic acids is 3.